The number of carbonyl (C=O) groups is 3. The minimum Gasteiger partial charge on any atom is -0.496 e. The third-order valence-electron chi connectivity index (χ3n) is 14.0. The van der Waals surface area contributed by atoms with Crippen LogP contribution in [0, 0.1) is 29.1 Å². The second kappa shape index (κ2) is 21.0. The molecule has 0 radical (unpaired) electrons. The van der Waals surface area contributed by atoms with Gasteiger partial charge < -0.3 is 40.1 Å². The molecule has 1 heterocycles. The van der Waals surface area contributed by atoms with Gasteiger partial charge in [0, 0.05) is 55.0 Å². The molecule has 3 saturated carbocycles. The summed E-state index contributed by atoms with van der Waals surface area (Å²) in [6.45, 7) is 13.2. The molecule has 0 spiro atoms. The summed E-state index contributed by atoms with van der Waals surface area (Å²) in [4.78, 5) is 51.6. The highest BCUT2D eigenvalue weighted by Gasteiger charge is 2.57. The molecule has 1 unspecified atom stereocenters. The van der Waals surface area contributed by atoms with E-state index in [2.05, 4.69) is 36.1 Å². The molecule has 3 aliphatic carbocycles. The van der Waals surface area contributed by atoms with Crippen LogP contribution in [0.15, 0.2) is 66.7 Å². The summed E-state index contributed by atoms with van der Waals surface area (Å²) >= 11 is 0. The zero-order valence-corrected chi connectivity index (χ0v) is 42.4. The van der Waals surface area contributed by atoms with Crippen LogP contribution in [0.5, 0.6) is 5.75 Å². The van der Waals surface area contributed by atoms with Gasteiger partial charge in [-0.25, -0.2) is 9.52 Å². The second-order valence-corrected chi connectivity index (χ2v) is 22.3. The molecule has 1 saturated heterocycles. The molecule has 3 amide bonds. The van der Waals surface area contributed by atoms with Gasteiger partial charge >= 0.3 is 16.3 Å². The first-order chi connectivity index (χ1) is 31.8. The van der Waals surface area contributed by atoms with Gasteiger partial charge in [-0.15, -0.1) is 0 Å². The SMILES string of the molecule is COc1c(CN2O[C@@H](CO)[C@H](C(C)O)[C@H]2C(=O)N[C@H]2C[C@H]3C[C@@H]([C@@H]2C)C3(C)C)cccc1-c1cc(C(=O)N[C@H](CN(C)C)[C@@H](NS(=O)(=O)NC(=O)OC(C)(C)C)c2ccccc2)cc(N(C)C)c1. The van der Waals surface area contributed by atoms with E-state index in [4.69, 9.17) is 14.3 Å². The Morgan fingerprint density at radius 1 is 1.00 bits per heavy atom. The molecule has 374 valence electrons. The van der Waals surface area contributed by atoms with Gasteiger partial charge in [-0.05, 0) is 107 Å². The van der Waals surface area contributed by atoms with Crippen molar-refractivity contribution in [2.24, 2.45) is 29.1 Å². The number of nitrogens with one attached hydrogen (secondary N) is 4. The topological polar surface area (TPSA) is 211 Å². The normalized spacial score (nSPS) is 24.8. The zero-order valence-electron chi connectivity index (χ0n) is 41.6. The molecule has 18 heteroatoms. The van der Waals surface area contributed by atoms with Gasteiger partial charge in [0.05, 0.1) is 38.4 Å². The lowest BCUT2D eigenvalue weighted by Crippen LogP contribution is -2.62. The molecule has 68 heavy (non-hydrogen) atoms. The van der Waals surface area contributed by atoms with Gasteiger partial charge in [0.2, 0.25) is 5.91 Å². The lowest BCUT2D eigenvalue weighted by Gasteiger charge is -2.62. The Hall–Kier alpha value is -4.82. The van der Waals surface area contributed by atoms with Crippen molar-refractivity contribution >= 4 is 33.8 Å². The zero-order chi connectivity index (χ0) is 50.0. The summed E-state index contributed by atoms with van der Waals surface area (Å²) in [5.41, 5.74) is 2.70. The minimum absolute atomic E-state index is 0.0231. The van der Waals surface area contributed by atoms with Crippen molar-refractivity contribution in [3.8, 4) is 16.9 Å². The maximum absolute atomic E-state index is 14.6. The number of ether oxygens (including phenoxy) is 2. The van der Waals surface area contributed by atoms with Crippen molar-refractivity contribution in [2.45, 2.75) is 110 Å². The summed E-state index contributed by atoms with van der Waals surface area (Å²) in [7, 11) is 4.33. The van der Waals surface area contributed by atoms with Crippen LogP contribution < -0.4 is 29.7 Å². The minimum atomic E-state index is -4.52. The van der Waals surface area contributed by atoms with E-state index in [0.717, 1.165) is 12.8 Å². The van der Waals surface area contributed by atoms with Gasteiger partial charge in [0.25, 0.3) is 5.91 Å². The highest BCUT2D eigenvalue weighted by molar-refractivity contribution is 7.88. The quantitative estimate of drug-likeness (QED) is 0.101. The lowest BCUT2D eigenvalue weighted by molar-refractivity contribution is -0.183. The van der Waals surface area contributed by atoms with Gasteiger partial charge in [-0.1, -0.05) is 69.3 Å². The fourth-order valence-electron chi connectivity index (χ4n) is 10.5. The van der Waals surface area contributed by atoms with E-state index in [1.807, 2.05) is 52.9 Å². The molecule has 3 aromatic carbocycles. The molecular formula is C50H73N7O10S. The van der Waals surface area contributed by atoms with Crippen LogP contribution in [0.4, 0.5) is 10.5 Å². The van der Waals surface area contributed by atoms with E-state index in [-0.39, 0.29) is 41.9 Å². The van der Waals surface area contributed by atoms with Gasteiger partial charge in [-0.2, -0.15) is 18.2 Å². The molecule has 4 fully saturated rings. The molecule has 1 aliphatic heterocycles. The fraction of sp³-hybridized carbons (Fsp3) is 0.580. The van der Waals surface area contributed by atoms with E-state index in [0.29, 0.717) is 45.5 Å². The number of methoxy groups -OCH3 is 1. The highest BCUT2D eigenvalue weighted by atomic mass is 32.2. The number of likely N-dealkylation sites (N-methyl/N-ethyl adjacent to an activating group) is 1. The Morgan fingerprint density at radius 3 is 2.26 bits per heavy atom. The Morgan fingerprint density at radius 2 is 1.69 bits per heavy atom. The number of hydrogen-bond donors (Lipinski definition) is 6. The first kappa shape index (κ1) is 52.5. The van der Waals surface area contributed by atoms with Gasteiger partial charge in [0.1, 0.15) is 23.5 Å². The van der Waals surface area contributed by atoms with Crippen LogP contribution >= 0.6 is 0 Å². The number of aliphatic hydroxyl groups excluding tert-OH is 2. The Labute approximate surface area is 402 Å². The number of amides is 3. The van der Waals surface area contributed by atoms with Crippen molar-refractivity contribution in [3.63, 3.8) is 0 Å². The molecule has 10 atom stereocenters. The fourth-order valence-corrected chi connectivity index (χ4v) is 11.5. The average molecular weight is 964 g/mol. The number of anilines is 1. The number of aliphatic hydroxyl groups is 2. The number of nitrogens with zero attached hydrogens (tertiary/aromatic N) is 3. The van der Waals surface area contributed by atoms with E-state index in [1.54, 1.807) is 96.4 Å². The first-order valence-electron chi connectivity index (χ1n) is 23.4. The predicted molar refractivity (Wildman–Crippen MR) is 261 cm³/mol. The molecule has 6 N–H and O–H groups in total. The summed E-state index contributed by atoms with van der Waals surface area (Å²) in [6, 6.07) is 16.9. The Kier molecular flexibility index (Phi) is 16.3. The first-order valence-corrected chi connectivity index (χ1v) is 24.9. The lowest BCUT2D eigenvalue weighted by atomic mass is 9.45. The second-order valence-electron chi connectivity index (χ2n) is 20.9. The average Bonchev–Trinajstić information content (AvgIpc) is 3.63. The number of fused-ring (bicyclic) bond motifs is 2. The largest absolute Gasteiger partial charge is 0.496 e. The Bertz CT molecular complexity index is 2370. The monoisotopic (exact) mass is 964 g/mol. The number of carbonyl (C=O) groups excluding carboxylic acids is 3. The number of para-hydroxylation sites is 1. The molecule has 7 rings (SSSR count). The van der Waals surface area contributed by atoms with E-state index in [1.165, 1.54) is 0 Å². The smallest absolute Gasteiger partial charge is 0.422 e. The summed E-state index contributed by atoms with van der Waals surface area (Å²) in [5, 5.41) is 29.5. The maximum Gasteiger partial charge on any atom is 0.422 e. The summed E-state index contributed by atoms with van der Waals surface area (Å²) in [6.07, 6.45) is -0.911. The van der Waals surface area contributed by atoms with Gasteiger partial charge in [0.15, 0.2) is 0 Å². The van der Waals surface area contributed by atoms with Crippen LogP contribution in [0.1, 0.15) is 88.8 Å². The summed E-state index contributed by atoms with van der Waals surface area (Å²) < 4.78 is 42.9. The third kappa shape index (κ3) is 11.9. The highest BCUT2D eigenvalue weighted by Crippen LogP contribution is 2.61. The van der Waals surface area contributed by atoms with Crippen LogP contribution in [-0.2, 0) is 31.1 Å². The third-order valence-corrected chi connectivity index (χ3v) is 15.0. The summed E-state index contributed by atoms with van der Waals surface area (Å²) in [5.74, 6) is 0.291. The molecule has 0 aromatic heterocycles. The van der Waals surface area contributed by atoms with E-state index >= 15 is 0 Å². The van der Waals surface area contributed by atoms with Crippen molar-refractivity contribution in [1.82, 2.24) is 30.0 Å². The van der Waals surface area contributed by atoms with Crippen molar-refractivity contribution in [3.05, 3.63) is 83.4 Å². The number of hydroxylamine groups is 2. The van der Waals surface area contributed by atoms with Crippen molar-refractivity contribution in [1.29, 1.82) is 0 Å². The van der Waals surface area contributed by atoms with Crippen LogP contribution in [0.2, 0.25) is 0 Å². The Balaban J connectivity index is 1.31. The predicted octanol–water partition coefficient (Wildman–Crippen LogP) is 4.85. The molecular weight excluding hydrogens is 891 g/mol. The molecule has 3 aromatic rings. The number of hydrogen-bond acceptors (Lipinski definition) is 13. The van der Waals surface area contributed by atoms with Crippen molar-refractivity contribution < 1.29 is 47.3 Å². The number of rotatable bonds is 18. The van der Waals surface area contributed by atoms with Crippen molar-refractivity contribution in [2.75, 3.05) is 53.4 Å². The molecule has 2 bridgehead atoms. The number of benzene rings is 3. The van der Waals surface area contributed by atoms with Crippen LogP contribution in [0.3, 0.4) is 0 Å². The van der Waals surface area contributed by atoms with E-state index < -0.39 is 70.7 Å². The molecule has 4 aliphatic rings. The standard InChI is InChI=1S/C50H73N7O10S/c1-29-38-24-35(50(38,6)7)25-39(29)51-47(61)44-42(30(2)59)41(28-58)67-57(44)26-32-19-16-20-37(45(32)65-12)33-21-34(23-36(22-33)56(10)11)46(60)52-40(27-55(8)9)43(31-17-14-13-15-18-31)53-68(63,64)54-48(62)66-49(3,4)5/h13-23,29-30,35,38-44,53,58-59H,24-28H2,1-12H3,(H,51,61)(H,52,60)(H,54,62)/t29-,30?,35+,38-,39-,40+,41-,42-,43-,44-/m0/s1. The molecule has 17 nitrogen and oxygen atoms in total. The maximum atomic E-state index is 14.6. The van der Waals surface area contributed by atoms with Gasteiger partial charge in [-0.3, -0.25) is 14.4 Å². The van der Waals surface area contributed by atoms with Crippen LogP contribution in [-0.4, -0.2) is 131 Å². The van der Waals surface area contributed by atoms with Crippen LogP contribution in [0.25, 0.3) is 11.1 Å². The van der Waals surface area contributed by atoms with E-state index in [9.17, 15) is 33.0 Å².